The Hall–Kier alpha value is -1.51. The van der Waals surface area contributed by atoms with E-state index in [2.05, 4.69) is 22.6 Å². The lowest BCUT2D eigenvalue weighted by Crippen LogP contribution is -2.27. The Kier molecular flexibility index (Phi) is 7.59. The second-order valence-electron chi connectivity index (χ2n) is 8.47. The molecule has 0 aliphatic heterocycles. The van der Waals surface area contributed by atoms with E-state index in [1.807, 2.05) is 65.0 Å². The van der Waals surface area contributed by atoms with Gasteiger partial charge in [-0.1, -0.05) is 18.2 Å². The number of hydrogen-bond donors (Lipinski definition) is 0. The Balaban J connectivity index is 2.07. The first-order chi connectivity index (χ1) is 13.0. The van der Waals surface area contributed by atoms with Crippen molar-refractivity contribution in [2.24, 2.45) is 0 Å². The van der Waals surface area contributed by atoms with Crippen molar-refractivity contribution in [1.29, 1.82) is 0 Å². The maximum Gasteiger partial charge on any atom is 0.275 e. The van der Waals surface area contributed by atoms with Crippen LogP contribution in [0, 0.1) is 13.7 Å². The van der Waals surface area contributed by atoms with Gasteiger partial charge in [-0.05, 0) is 86.5 Å². The van der Waals surface area contributed by atoms with Gasteiger partial charge in [0.2, 0.25) is 0 Å². The van der Waals surface area contributed by atoms with Crippen LogP contribution in [0.4, 0.5) is 5.69 Å². The summed E-state index contributed by atoms with van der Waals surface area (Å²) >= 11 is 2.27. The molecular weight excluding hydrogens is 469 g/mol. The van der Waals surface area contributed by atoms with Gasteiger partial charge in [0.25, 0.3) is 5.69 Å². The summed E-state index contributed by atoms with van der Waals surface area (Å²) in [5, 5.41) is 11.5. The Labute approximate surface area is 180 Å². The molecule has 0 fully saturated rings. The van der Waals surface area contributed by atoms with Gasteiger partial charge in [-0.25, -0.2) is 0 Å². The highest BCUT2D eigenvalue weighted by molar-refractivity contribution is 14.1. The predicted octanol–water partition coefficient (Wildman–Crippen LogP) is 6.05. The minimum Gasteiger partial charge on any atom is -0.371 e. The monoisotopic (exact) mass is 497 g/mol. The summed E-state index contributed by atoms with van der Waals surface area (Å²) in [6.45, 7) is 10.5. The van der Waals surface area contributed by atoms with Crippen LogP contribution in [0.3, 0.4) is 0 Å². The first-order valence-electron chi connectivity index (χ1n) is 9.24. The smallest absolute Gasteiger partial charge is 0.275 e. The van der Waals surface area contributed by atoms with E-state index in [9.17, 15) is 10.1 Å². The molecule has 0 unspecified atom stereocenters. The number of rotatable bonds is 8. The van der Waals surface area contributed by atoms with Crippen molar-refractivity contribution < 1.29 is 14.4 Å². The molecule has 6 heteroatoms. The molecule has 0 N–H and O–H groups in total. The minimum atomic E-state index is -0.444. The number of benzene rings is 2. The number of ether oxygens (including phenoxy) is 2. The molecule has 5 nitrogen and oxygen atoms in total. The van der Waals surface area contributed by atoms with Gasteiger partial charge in [-0.15, -0.1) is 0 Å². The second kappa shape index (κ2) is 9.33. The van der Waals surface area contributed by atoms with Gasteiger partial charge in [0, 0.05) is 16.1 Å². The standard InChI is InChI=1S/C22H28INO4/c1-21(2,3)27-15-18-9-6-17(12-20(18)24(25)26)13-22(4,5)28-14-16-7-10-19(23)11-8-16/h6-12H,13-15H2,1-5H3. The van der Waals surface area contributed by atoms with E-state index in [-0.39, 0.29) is 22.8 Å². The molecule has 0 saturated carbocycles. The molecule has 0 aliphatic rings. The van der Waals surface area contributed by atoms with Crippen LogP contribution < -0.4 is 0 Å². The lowest BCUT2D eigenvalue weighted by molar-refractivity contribution is -0.386. The van der Waals surface area contributed by atoms with Crippen molar-refractivity contribution >= 4 is 28.3 Å². The fraction of sp³-hybridized carbons (Fsp3) is 0.455. The molecule has 2 rings (SSSR count). The quantitative estimate of drug-likeness (QED) is 0.253. The third-order valence-electron chi connectivity index (χ3n) is 4.18. The maximum atomic E-state index is 11.5. The highest BCUT2D eigenvalue weighted by Gasteiger charge is 2.23. The van der Waals surface area contributed by atoms with Crippen molar-refractivity contribution in [3.63, 3.8) is 0 Å². The second-order valence-corrected chi connectivity index (χ2v) is 9.72. The highest BCUT2D eigenvalue weighted by Crippen LogP contribution is 2.26. The van der Waals surface area contributed by atoms with E-state index in [1.54, 1.807) is 12.1 Å². The van der Waals surface area contributed by atoms with Crippen LogP contribution in [0.25, 0.3) is 0 Å². The summed E-state index contributed by atoms with van der Waals surface area (Å²) in [4.78, 5) is 11.2. The van der Waals surface area contributed by atoms with Crippen molar-refractivity contribution in [3.8, 4) is 0 Å². The summed E-state index contributed by atoms with van der Waals surface area (Å²) < 4.78 is 13.0. The van der Waals surface area contributed by atoms with Crippen LogP contribution in [0.5, 0.6) is 0 Å². The van der Waals surface area contributed by atoms with Crippen LogP contribution in [0.15, 0.2) is 42.5 Å². The van der Waals surface area contributed by atoms with Crippen molar-refractivity contribution in [1.82, 2.24) is 0 Å². The largest absolute Gasteiger partial charge is 0.371 e. The SMILES string of the molecule is CC(C)(C)OCc1ccc(CC(C)(C)OCc2ccc(I)cc2)cc1[N+](=O)[O-]. The lowest BCUT2D eigenvalue weighted by atomic mass is 9.96. The zero-order chi connectivity index (χ0) is 20.9. The summed E-state index contributed by atoms with van der Waals surface area (Å²) in [6.07, 6.45) is 0.582. The topological polar surface area (TPSA) is 61.6 Å². The average Bonchev–Trinajstić information content (AvgIpc) is 2.59. The Bertz CT molecular complexity index is 810. The third-order valence-corrected chi connectivity index (χ3v) is 4.90. The Morgan fingerprint density at radius 1 is 0.929 bits per heavy atom. The van der Waals surface area contributed by atoms with Crippen molar-refractivity contribution in [3.05, 3.63) is 72.8 Å². The predicted molar refractivity (Wildman–Crippen MR) is 119 cm³/mol. The third kappa shape index (κ3) is 7.48. The number of nitrogens with zero attached hydrogens (tertiary/aromatic N) is 1. The molecule has 0 atom stereocenters. The maximum absolute atomic E-state index is 11.5. The number of nitro benzene ring substituents is 1. The van der Waals surface area contributed by atoms with Crippen LogP contribution in [0.1, 0.15) is 51.3 Å². The molecule has 0 spiro atoms. The zero-order valence-electron chi connectivity index (χ0n) is 17.1. The summed E-state index contributed by atoms with van der Waals surface area (Å²) in [5.74, 6) is 0. The van der Waals surface area contributed by atoms with E-state index in [0.717, 1.165) is 11.1 Å². The molecule has 0 radical (unpaired) electrons. The van der Waals surface area contributed by atoms with E-state index in [4.69, 9.17) is 9.47 Å². The van der Waals surface area contributed by atoms with Gasteiger partial charge in [0.1, 0.15) is 0 Å². The molecule has 0 heterocycles. The molecular formula is C22H28INO4. The van der Waals surface area contributed by atoms with Crippen LogP contribution >= 0.6 is 22.6 Å². The first-order valence-corrected chi connectivity index (χ1v) is 10.3. The summed E-state index contributed by atoms with van der Waals surface area (Å²) in [7, 11) is 0. The minimum absolute atomic E-state index is 0.0928. The fourth-order valence-corrected chi connectivity index (χ4v) is 3.07. The average molecular weight is 497 g/mol. The molecule has 28 heavy (non-hydrogen) atoms. The lowest BCUT2D eigenvalue weighted by Gasteiger charge is -2.26. The zero-order valence-corrected chi connectivity index (χ0v) is 19.3. The van der Waals surface area contributed by atoms with E-state index >= 15 is 0 Å². The van der Waals surface area contributed by atoms with E-state index in [0.29, 0.717) is 18.6 Å². The van der Waals surface area contributed by atoms with Crippen molar-refractivity contribution in [2.45, 2.75) is 65.5 Å². The van der Waals surface area contributed by atoms with Crippen molar-refractivity contribution in [2.75, 3.05) is 0 Å². The fourth-order valence-electron chi connectivity index (χ4n) is 2.71. The van der Waals surface area contributed by atoms with Gasteiger partial charge in [0.05, 0.1) is 34.9 Å². The molecule has 0 amide bonds. The molecule has 2 aromatic rings. The number of nitro groups is 1. The number of hydrogen-bond acceptors (Lipinski definition) is 4. The molecule has 0 aliphatic carbocycles. The normalized spacial score (nSPS) is 12.2. The molecule has 0 aromatic heterocycles. The van der Waals surface area contributed by atoms with Crippen LogP contribution in [-0.4, -0.2) is 16.1 Å². The number of halogens is 1. The highest BCUT2D eigenvalue weighted by atomic mass is 127. The van der Waals surface area contributed by atoms with Gasteiger partial charge in [0.15, 0.2) is 0 Å². The van der Waals surface area contributed by atoms with Crippen LogP contribution in [-0.2, 0) is 29.1 Å². The molecule has 0 saturated heterocycles. The Morgan fingerprint density at radius 3 is 2.11 bits per heavy atom. The van der Waals surface area contributed by atoms with Gasteiger partial charge < -0.3 is 9.47 Å². The molecule has 152 valence electrons. The van der Waals surface area contributed by atoms with E-state index < -0.39 is 5.60 Å². The molecule has 2 aromatic carbocycles. The van der Waals surface area contributed by atoms with Gasteiger partial charge in [-0.2, -0.15) is 0 Å². The molecule has 0 bridgehead atoms. The van der Waals surface area contributed by atoms with Gasteiger partial charge >= 0.3 is 0 Å². The van der Waals surface area contributed by atoms with Crippen LogP contribution in [0.2, 0.25) is 0 Å². The Morgan fingerprint density at radius 2 is 1.54 bits per heavy atom. The first kappa shape index (κ1) is 22.8. The van der Waals surface area contributed by atoms with E-state index in [1.165, 1.54) is 3.57 Å². The van der Waals surface area contributed by atoms with Gasteiger partial charge in [-0.3, -0.25) is 10.1 Å². The summed E-state index contributed by atoms with van der Waals surface area (Å²) in [6, 6.07) is 13.5. The summed E-state index contributed by atoms with van der Waals surface area (Å²) in [5.41, 5.74) is 1.86.